The van der Waals surface area contributed by atoms with E-state index in [9.17, 15) is 0 Å². The maximum absolute atomic E-state index is 4.86. The predicted molar refractivity (Wildman–Crippen MR) is 222 cm³/mol. The summed E-state index contributed by atoms with van der Waals surface area (Å²) in [6, 6.07) is 31.0. The van der Waals surface area contributed by atoms with Crippen molar-refractivity contribution in [1.29, 1.82) is 0 Å². The second-order valence-electron chi connectivity index (χ2n) is 14.4. The first-order valence-corrected chi connectivity index (χ1v) is 18.5. The second-order valence-corrected chi connectivity index (χ2v) is 14.4. The van der Waals surface area contributed by atoms with E-state index in [4.69, 9.17) is 9.97 Å². The Morgan fingerprint density at radius 3 is 1.43 bits per heavy atom. The zero-order valence-electron chi connectivity index (χ0n) is 31.0. The Morgan fingerprint density at radius 1 is 0.411 bits per heavy atom. The molecule has 266 valence electrons. The number of rotatable bonds is 4. The molecule has 0 amide bonds. The van der Waals surface area contributed by atoms with Gasteiger partial charge in [0.1, 0.15) is 0 Å². The zero-order chi connectivity index (χ0) is 37.7. The number of nitrogens with zero attached hydrogens (tertiary/aromatic N) is 10. The standard InChI is InChI=1S/C46H32N10/c1-25-19-29(20-26(2)39(25)34-23-51-43-45(53-34)49-17-15-47-43)55-37-12-8-6-10-33(37)41-38(55)14-13-32-31-9-5-7-11-36(31)56(42(32)41)30-21-27(3)40(28(4)22-30)35-24-52-44-46(54-35)50-18-16-48-44/h5-24H,1-4H3. The van der Waals surface area contributed by atoms with Gasteiger partial charge < -0.3 is 9.13 Å². The number of para-hydroxylation sites is 2. The van der Waals surface area contributed by atoms with Gasteiger partial charge in [0.25, 0.3) is 0 Å². The molecule has 10 heteroatoms. The molecule has 10 nitrogen and oxygen atoms in total. The van der Waals surface area contributed by atoms with Gasteiger partial charge in [0, 0.05) is 68.8 Å². The summed E-state index contributed by atoms with van der Waals surface area (Å²) in [5, 5.41) is 4.80. The monoisotopic (exact) mass is 724 g/mol. The molecule has 11 rings (SSSR count). The average molecular weight is 725 g/mol. The van der Waals surface area contributed by atoms with E-state index in [1.165, 1.54) is 27.1 Å². The molecule has 0 spiro atoms. The highest BCUT2D eigenvalue weighted by Gasteiger charge is 2.23. The van der Waals surface area contributed by atoms with Gasteiger partial charge in [-0.2, -0.15) is 0 Å². The van der Waals surface area contributed by atoms with Crippen LogP contribution in [0.3, 0.4) is 0 Å². The van der Waals surface area contributed by atoms with Gasteiger partial charge in [-0.1, -0.05) is 42.5 Å². The van der Waals surface area contributed by atoms with Crippen LogP contribution in [0.1, 0.15) is 22.3 Å². The van der Waals surface area contributed by atoms with Crippen molar-refractivity contribution in [2.45, 2.75) is 27.7 Å². The summed E-state index contributed by atoms with van der Waals surface area (Å²) in [5.74, 6) is 0. The molecule has 0 aliphatic heterocycles. The molecule has 0 N–H and O–H groups in total. The molecular weight excluding hydrogens is 693 g/mol. The van der Waals surface area contributed by atoms with E-state index in [-0.39, 0.29) is 0 Å². The normalized spacial score (nSPS) is 11.9. The zero-order valence-corrected chi connectivity index (χ0v) is 31.0. The minimum absolute atomic E-state index is 0.534. The minimum atomic E-state index is 0.534. The number of fused-ring (bicyclic) bond motifs is 9. The first-order valence-electron chi connectivity index (χ1n) is 18.5. The number of hydrogen-bond donors (Lipinski definition) is 0. The summed E-state index contributed by atoms with van der Waals surface area (Å²) in [5.41, 5.74) is 17.0. The third-order valence-corrected chi connectivity index (χ3v) is 10.9. The van der Waals surface area contributed by atoms with Crippen LogP contribution in [0.25, 0.3) is 100 Å². The van der Waals surface area contributed by atoms with E-state index >= 15 is 0 Å². The molecule has 11 aromatic rings. The van der Waals surface area contributed by atoms with Crippen LogP contribution in [0.4, 0.5) is 0 Å². The summed E-state index contributed by atoms with van der Waals surface area (Å²) in [4.78, 5) is 36.3. The van der Waals surface area contributed by atoms with Crippen LogP contribution in [0.15, 0.2) is 122 Å². The fraction of sp³-hybridized carbons (Fsp3) is 0.0870. The van der Waals surface area contributed by atoms with Gasteiger partial charge in [-0.05, 0) is 92.4 Å². The smallest absolute Gasteiger partial charge is 0.198 e. The molecule has 56 heavy (non-hydrogen) atoms. The Bertz CT molecular complexity index is 3390. The average Bonchev–Trinajstić information content (AvgIpc) is 3.73. The molecule has 0 aliphatic carbocycles. The maximum Gasteiger partial charge on any atom is 0.198 e. The van der Waals surface area contributed by atoms with Gasteiger partial charge in [-0.25, -0.2) is 39.9 Å². The summed E-state index contributed by atoms with van der Waals surface area (Å²) >= 11 is 0. The SMILES string of the molecule is Cc1cc(-n2c3ccccc3c3c2ccc2c4ccccc4n(-c4cc(C)c(-c5cnc6nccnc6n5)c(C)c4)c23)cc(C)c1-c1cnc2nccnc2n1. The second kappa shape index (κ2) is 12.0. The molecule has 0 radical (unpaired) electrons. The van der Waals surface area contributed by atoms with E-state index in [0.29, 0.717) is 22.6 Å². The predicted octanol–water partition coefficient (Wildman–Crippen LogP) is 9.91. The van der Waals surface area contributed by atoms with Crippen molar-refractivity contribution < 1.29 is 0 Å². The van der Waals surface area contributed by atoms with Crippen LogP contribution in [-0.4, -0.2) is 49.0 Å². The first-order chi connectivity index (χ1) is 27.4. The van der Waals surface area contributed by atoms with Gasteiger partial charge in [0.2, 0.25) is 0 Å². The number of hydrogen-bond acceptors (Lipinski definition) is 8. The third kappa shape index (κ3) is 4.68. The largest absolute Gasteiger partial charge is 0.309 e. The first kappa shape index (κ1) is 32.0. The molecule has 0 fully saturated rings. The fourth-order valence-electron chi connectivity index (χ4n) is 8.76. The van der Waals surface area contributed by atoms with Crippen molar-refractivity contribution in [1.82, 2.24) is 49.0 Å². The topological polar surface area (TPSA) is 113 Å². The van der Waals surface area contributed by atoms with Gasteiger partial charge in [0.05, 0.1) is 45.8 Å². The lowest BCUT2D eigenvalue weighted by atomic mass is 9.99. The number of benzene rings is 5. The van der Waals surface area contributed by atoms with E-state index in [1.54, 1.807) is 37.2 Å². The number of aromatic nitrogens is 10. The summed E-state index contributed by atoms with van der Waals surface area (Å²) in [6.45, 7) is 8.58. The van der Waals surface area contributed by atoms with E-state index < -0.39 is 0 Å². The Kier molecular flexibility index (Phi) is 6.87. The van der Waals surface area contributed by atoms with Crippen molar-refractivity contribution in [2.75, 3.05) is 0 Å². The molecule has 6 heterocycles. The molecule has 0 atom stereocenters. The van der Waals surface area contributed by atoms with Gasteiger partial charge in [0.15, 0.2) is 22.6 Å². The quantitative estimate of drug-likeness (QED) is 0.176. The molecule has 0 unspecified atom stereocenters. The molecule has 0 aliphatic rings. The van der Waals surface area contributed by atoms with Crippen LogP contribution in [0.2, 0.25) is 0 Å². The highest BCUT2D eigenvalue weighted by Crippen LogP contribution is 2.43. The van der Waals surface area contributed by atoms with Crippen LogP contribution < -0.4 is 0 Å². The van der Waals surface area contributed by atoms with Crippen molar-refractivity contribution >= 4 is 66.2 Å². The minimum Gasteiger partial charge on any atom is -0.309 e. The van der Waals surface area contributed by atoms with Crippen molar-refractivity contribution in [3.63, 3.8) is 0 Å². The molecule has 0 bridgehead atoms. The Labute approximate surface area is 320 Å². The molecule has 6 aromatic heterocycles. The van der Waals surface area contributed by atoms with Crippen LogP contribution >= 0.6 is 0 Å². The van der Waals surface area contributed by atoms with Crippen LogP contribution in [-0.2, 0) is 0 Å². The van der Waals surface area contributed by atoms with Crippen LogP contribution in [0, 0.1) is 27.7 Å². The van der Waals surface area contributed by atoms with Crippen molar-refractivity contribution in [3.05, 3.63) is 144 Å². The highest BCUT2D eigenvalue weighted by molar-refractivity contribution is 6.26. The van der Waals surface area contributed by atoms with E-state index in [0.717, 1.165) is 72.7 Å². The lowest BCUT2D eigenvalue weighted by Crippen LogP contribution is -2.01. The van der Waals surface area contributed by atoms with Gasteiger partial charge in [-0.3, -0.25) is 0 Å². The lowest BCUT2D eigenvalue weighted by Gasteiger charge is -2.16. The number of aryl methyl sites for hydroxylation is 4. The highest BCUT2D eigenvalue weighted by atomic mass is 15.0. The molecular formula is C46H32N10. The lowest BCUT2D eigenvalue weighted by molar-refractivity contribution is 1.14. The fourth-order valence-corrected chi connectivity index (χ4v) is 8.76. The summed E-state index contributed by atoms with van der Waals surface area (Å²) < 4.78 is 4.83. The van der Waals surface area contributed by atoms with Gasteiger partial charge >= 0.3 is 0 Å². The van der Waals surface area contributed by atoms with Crippen LogP contribution in [0.5, 0.6) is 0 Å². The summed E-state index contributed by atoms with van der Waals surface area (Å²) in [7, 11) is 0. The van der Waals surface area contributed by atoms with E-state index in [1.807, 2.05) is 0 Å². The summed E-state index contributed by atoms with van der Waals surface area (Å²) in [6.07, 6.45) is 10.2. The van der Waals surface area contributed by atoms with Crippen molar-refractivity contribution in [3.8, 4) is 33.9 Å². The molecule has 5 aromatic carbocycles. The molecule has 0 saturated carbocycles. The third-order valence-electron chi connectivity index (χ3n) is 10.9. The maximum atomic E-state index is 4.86. The van der Waals surface area contributed by atoms with Gasteiger partial charge in [-0.15, -0.1) is 0 Å². The Balaban J connectivity index is 1.15. The molecule has 0 saturated heterocycles. The van der Waals surface area contributed by atoms with Crippen molar-refractivity contribution in [2.24, 2.45) is 0 Å². The van der Waals surface area contributed by atoms with E-state index in [2.05, 4.69) is 152 Å². The Morgan fingerprint density at radius 2 is 0.875 bits per heavy atom. The Hall–Kier alpha value is -7.46.